The van der Waals surface area contributed by atoms with Crippen molar-refractivity contribution in [3.63, 3.8) is 0 Å². The second kappa shape index (κ2) is 4.37. The minimum absolute atomic E-state index is 0.400. The van der Waals surface area contributed by atoms with E-state index in [9.17, 15) is 0 Å². The second-order valence-corrected chi connectivity index (χ2v) is 3.33. The fourth-order valence-corrected chi connectivity index (χ4v) is 1.19. The molecular weight excluding hydrogens is 216 g/mol. The quantitative estimate of drug-likeness (QED) is 0.856. The second-order valence-electron chi connectivity index (χ2n) is 2.89. The van der Waals surface area contributed by atoms with E-state index in [0.717, 1.165) is 0 Å². The van der Waals surface area contributed by atoms with E-state index in [1.807, 2.05) is 7.05 Å². The molecule has 0 radical (unpaired) electrons. The maximum atomic E-state index is 5.71. The minimum Gasteiger partial charge on any atom is -0.418 e. The van der Waals surface area contributed by atoms with Gasteiger partial charge in [-0.3, -0.25) is 0 Å². The average Bonchev–Trinajstić information content (AvgIpc) is 2.68. The summed E-state index contributed by atoms with van der Waals surface area (Å²) in [5, 5.41) is 11.2. The van der Waals surface area contributed by atoms with Crippen molar-refractivity contribution in [3.8, 4) is 11.6 Å². The smallest absolute Gasteiger partial charge is 0.266 e. The summed E-state index contributed by atoms with van der Waals surface area (Å²) in [5.41, 5.74) is 0.620. The van der Waals surface area contributed by atoms with Crippen molar-refractivity contribution in [2.75, 3.05) is 7.05 Å². The molecule has 0 aromatic carbocycles. The van der Waals surface area contributed by atoms with Gasteiger partial charge in [0.25, 0.3) is 5.89 Å². The summed E-state index contributed by atoms with van der Waals surface area (Å²) in [4.78, 5) is 4.07. The van der Waals surface area contributed by atoms with Gasteiger partial charge in [0.1, 0.15) is 5.69 Å². The highest BCUT2D eigenvalue weighted by molar-refractivity contribution is 6.30. The van der Waals surface area contributed by atoms with Crippen LogP contribution in [0, 0.1) is 0 Å². The monoisotopic (exact) mass is 224 g/mol. The van der Waals surface area contributed by atoms with Gasteiger partial charge in [0, 0.05) is 6.20 Å². The molecule has 0 fully saturated rings. The molecule has 0 aliphatic rings. The lowest BCUT2D eigenvalue weighted by molar-refractivity contribution is 0.489. The van der Waals surface area contributed by atoms with Gasteiger partial charge in [-0.15, -0.1) is 10.2 Å². The van der Waals surface area contributed by atoms with Crippen LogP contribution in [0.15, 0.2) is 22.7 Å². The fraction of sp³-hybridized carbons (Fsp3) is 0.222. The van der Waals surface area contributed by atoms with Crippen molar-refractivity contribution in [2.24, 2.45) is 0 Å². The SMILES string of the molecule is CNCc1nnc(-c2ccc(Cl)cn2)o1. The van der Waals surface area contributed by atoms with Gasteiger partial charge in [0.15, 0.2) is 0 Å². The highest BCUT2D eigenvalue weighted by atomic mass is 35.5. The minimum atomic E-state index is 0.400. The van der Waals surface area contributed by atoms with Crippen molar-refractivity contribution in [2.45, 2.75) is 6.54 Å². The summed E-state index contributed by atoms with van der Waals surface area (Å²) in [6.45, 7) is 0.542. The Balaban J connectivity index is 2.25. The summed E-state index contributed by atoms with van der Waals surface area (Å²) in [7, 11) is 1.81. The van der Waals surface area contributed by atoms with Crippen molar-refractivity contribution in [3.05, 3.63) is 29.2 Å². The number of nitrogens with zero attached hydrogens (tertiary/aromatic N) is 3. The largest absolute Gasteiger partial charge is 0.418 e. The molecule has 1 N–H and O–H groups in total. The number of rotatable bonds is 3. The Morgan fingerprint density at radius 2 is 2.27 bits per heavy atom. The standard InChI is InChI=1S/C9H9ClN4O/c1-11-5-8-13-14-9(15-8)7-3-2-6(10)4-12-7/h2-4,11H,5H2,1H3. The van der Waals surface area contributed by atoms with Crippen molar-refractivity contribution >= 4 is 11.6 Å². The first kappa shape index (κ1) is 10.1. The van der Waals surface area contributed by atoms with Gasteiger partial charge in [-0.25, -0.2) is 4.98 Å². The van der Waals surface area contributed by atoms with Crippen molar-refractivity contribution in [1.29, 1.82) is 0 Å². The van der Waals surface area contributed by atoms with Crippen molar-refractivity contribution in [1.82, 2.24) is 20.5 Å². The normalized spacial score (nSPS) is 10.5. The number of hydrogen-bond acceptors (Lipinski definition) is 5. The molecule has 0 aliphatic carbocycles. The Morgan fingerprint density at radius 3 is 2.93 bits per heavy atom. The summed E-state index contributed by atoms with van der Waals surface area (Å²) in [5.74, 6) is 0.932. The predicted molar refractivity (Wildman–Crippen MR) is 55.3 cm³/mol. The van der Waals surface area contributed by atoms with Crippen LogP contribution in [0.4, 0.5) is 0 Å². The van der Waals surface area contributed by atoms with E-state index in [2.05, 4.69) is 20.5 Å². The zero-order valence-electron chi connectivity index (χ0n) is 8.07. The number of nitrogens with one attached hydrogen (secondary N) is 1. The summed E-state index contributed by atoms with van der Waals surface area (Å²) in [6, 6.07) is 3.46. The maximum absolute atomic E-state index is 5.71. The van der Waals surface area contributed by atoms with Crippen LogP contribution in [0.25, 0.3) is 11.6 Å². The molecular formula is C9H9ClN4O. The van der Waals surface area contributed by atoms with E-state index < -0.39 is 0 Å². The van der Waals surface area contributed by atoms with Gasteiger partial charge in [0.2, 0.25) is 5.89 Å². The fourth-order valence-electron chi connectivity index (χ4n) is 1.08. The van der Waals surface area contributed by atoms with E-state index in [1.54, 1.807) is 18.3 Å². The van der Waals surface area contributed by atoms with Crippen LogP contribution >= 0.6 is 11.6 Å². The van der Waals surface area contributed by atoms with E-state index in [1.165, 1.54) is 0 Å². The van der Waals surface area contributed by atoms with Gasteiger partial charge in [-0.05, 0) is 19.2 Å². The molecule has 2 rings (SSSR count). The summed E-state index contributed by atoms with van der Waals surface area (Å²) < 4.78 is 5.36. The molecule has 0 saturated heterocycles. The molecule has 0 saturated carbocycles. The third-order valence-corrected chi connectivity index (χ3v) is 1.96. The summed E-state index contributed by atoms with van der Waals surface area (Å²) in [6.07, 6.45) is 1.54. The first-order valence-corrected chi connectivity index (χ1v) is 4.76. The Bertz CT molecular complexity index is 440. The number of hydrogen-bond donors (Lipinski definition) is 1. The lowest BCUT2D eigenvalue weighted by Gasteiger charge is -1.93. The molecule has 2 aromatic rings. The van der Waals surface area contributed by atoms with Gasteiger partial charge in [-0.1, -0.05) is 11.6 Å². The highest BCUT2D eigenvalue weighted by Gasteiger charge is 2.08. The number of halogens is 1. The first-order chi connectivity index (χ1) is 7.29. The van der Waals surface area contributed by atoms with E-state index in [0.29, 0.717) is 29.0 Å². The van der Waals surface area contributed by atoms with Crippen LogP contribution in [-0.4, -0.2) is 22.2 Å². The molecule has 78 valence electrons. The molecule has 2 aromatic heterocycles. The third kappa shape index (κ3) is 2.31. The topological polar surface area (TPSA) is 63.8 Å². The molecule has 0 aliphatic heterocycles. The van der Waals surface area contributed by atoms with Gasteiger partial charge in [0.05, 0.1) is 11.6 Å². The third-order valence-electron chi connectivity index (χ3n) is 1.74. The van der Waals surface area contributed by atoms with Gasteiger partial charge < -0.3 is 9.73 Å². The Labute approximate surface area is 91.5 Å². The first-order valence-electron chi connectivity index (χ1n) is 4.38. The van der Waals surface area contributed by atoms with Crippen LogP contribution in [0.1, 0.15) is 5.89 Å². The molecule has 0 spiro atoms. The predicted octanol–water partition coefficient (Wildman–Crippen LogP) is 1.50. The zero-order valence-corrected chi connectivity index (χ0v) is 8.82. The Kier molecular flexibility index (Phi) is 2.94. The lowest BCUT2D eigenvalue weighted by Crippen LogP contribution is -2.04. The molecule has 5 nitrogen and oxygen atoms in total. The van der Waals surface area contributed by atoms with Crippen molar-refractivity contribution < 1.29 is 4.42 Å². The highest BCUT2D eigenvalue weighted by Crippen LogP contribution is 2.16. The molecule has 6 heteroatoms. The molecule has 0 bridgehead atoms. The van der Waals surface area contributed by atoms with Crippen LogP contribution in [0.5, 0.6) is 0 Å². The Hall–Kier alpha value is -1.46. The van der Waals surface area contributed by atoms with Crippen LogP contribution < -0.4 is 5.32 Å². The lowest BCUT2D eigenvalue weighted by atomic mass is 10.3. The zero-order chi connectivity index (χ0) is 10.7. The van der Waals surface area contributed by atoms with Crippen LogP contribution in [0.2, 0.25) is 5.02 Å². The molecule has 0 amide bonds. The van der Waals surface area contributed by atoms with Gasteiger partial charge >= 0.3 is 0 Å². The van der Waals surface area contributed by atoms with E-state index in [-0.39, 0.29) is 0 Å². The molecule has 2 heterocycles. The Morgan fingerprint density at radius 1 is 1.40 bits per heavy atom. The summed E-state index contributed by atoms with van der Waals surface area (Å²) >= 11 is 5.71. The van der Waals surface area contributed by atoms with Gasteiger partial charge in [-0.2, -0.15) is 0 Å². The van der Waals surface area contributed by atoms with E-state index >= 15 is 0 Å². The number of pyridine rings is 1. The molecule has 0 unspecified atom stereocenters. The molecule has 0 atom stereocenters. The average molecular weight is 225 g/mol. The van der Waals surface area contributed by atoms with Crippen LogP contribution in [0.3, 0.4) is 0 Å². The molecule has 15 heavy (non-hydrogen) atoms. The number of aromatic nitrogens is 3. The maximum Gasteiger partial charge on any atom is 0.266 e. The van der Waals surface area contributed by atoms with Crippen LogP contribution in [-0.2, 0) is 6.54 Å². The van der Waals surface area contributed by atoms with E-state index in [4.69, 9.17) is 16.0 Å².